The van der Waals surface area contributed by atoms with Crippen molar-refractivity contribution in [2.24, 2.45) is 4.99 Å². The first-order chi connectivity index (χ1) is 15.3. The fraction of sp³-hybridized carbons (Fsp3) is 0.333. The summed E-state index contributed by atoms with van der Waals surface area (Å²) in [4.78, 5) is 16.9. The molecular formula is C24H27F3N4O. The minimum Gasteiger partial charge on any atom is -0.356 e. The van der Waals surface area contributed by atoms with Crippen LogP contribution in [0.4, 0.5) is 18.9 Å². The predicted molar refractivity (Wildman–Crippen MR) is 122 cm³/mol. The van der Waals surface area contributed by atoms with Crippen LogP contribution in [-0.4, -0.2) is 25.0 Å². The molecule has 0 aromatic heterocycles. The molecule has 0 bridgehead atoms. The summed E-state index contributed by atoms with van der Waals surface area (Å²) < 4.78 is 40.2. The minimum atomic E-state index is -4.58. The molecule has 0 unspecified atom stereocenters. The van der Waals surface area contributed by atoms with E-state index in [1.165, 1.54) is 6.07 Å². The zero-order valence-electron chi connectivity index (χ0n) is 17.9. The number of nitrogens with zero attached hydrogens (tertiary/aromatic N) is 1. The Morgan fingerprint density at radius 2 is 2.06 bits per heavy atom. The molecule has 32 heavy (non-hydrogen) atoms. The Balaban J connectivity index is 1.74. The SMILES string of the molecule is CCC/C=C/c1cccc(CNC(=O)c2cc(NC3=NCCCN3)cc(C(F)(F)F)c2)c1. The topological polar surface area (TPSA) is 65.5 Å². The lowest BCUT2D eigenvalue weighted by atomic mass is 10.1. The van der Waals surface area contributed by atoms with Crippen molar-refractivity contribution < 1.29 is 18.0 Å². The van der Waals surface area contributed by atoms with Gasteiger partial charge in [-0.15, -0.1) is 0 Å². The van der Waals surface area contributed by atoms with E-state index in [1.807, 2.05) is 30.3 Å². The highest BCUT2D eigenvalue weighted by Crippen LogP contribution is 2.32. The molecule has 170 valence electrons. The van der Waals surface area contributed by atoms with Crippen molar-refractivity contribution in [3.05, 3.63) is 70.8 Å². The number of allylic oxidation sites excluding steroid dienone is 1. The average Bonchev–Trinajstić information content (AvgIpc) is 2.78. The number of aliphatic imine (C=N–C) groups is 1. The Hall–Kier alpha value is -3.29. The number of rotatable bonds is 7. The zero-order chi connectivity index (χ0) is 23.0. The van der Waals surface area contributed by atoms with Crippen LogP contribution in [0.5, 0.6) is 0 Å². The Morgan fingerprint density at radius 1 is 1.22 bits per heavy atom. The Labute approximate surface area is 185 Å². The standard InChI is InChI=1S/C24H27F3N4O/c1-2-3-4-7-17-8-5-9-18(12-17)16-30-22(32)19-13-20(24(25,26)27)15-21(14-19)31-23-28-10-6-11-29-23/h4-5,7-9,12-15H,2-3,6,10-11,16H2,1H3,(H,30,32)(H2,28,29,31)/b7-4+. The maximum Gasteiger partial charge on any atom is 0.416 e. The number of amides is 1. The molecular weight excluding hydrogens is 417 g/mol. The molecule has 1 heterocycles. The molecule has 0 saturated heterocycles. The van der Waals surface area contributed by atoms with E-state index in [0.29, 0.717) is 19.0 Å². The molecule has 0 atom stereocenters. The molecule has 3 rings (SSSR count). The highest BCUT2D eigenvalue weighted by Gasteiger charge is 2.32. The van der Waals surface area contributed by atoms with Gasteiger partial charge in [0.05, 0.1) is 5.56 Å². The van der Waals surface area contributed by atoms with Crippen molar-refractivity contribution in [2.75, 3.05) is 18.4 Å². The van der Waals surface area contributed by atoms with Gasteiger partial charge in [0.2, 0.25) is 0 Å². The van der Waals surface area contributed by atoms with Crippen LogP contribution in [0.3, 0.4) is 0 Å². The smallest absolute Gasteiger partial charge is 0.356 e. The first-order valence-electron chi connectivity index (χ1n) is 10.7. The van der Waals surface area contributed by atoms with E-state index in [9.17, 15) is 18.0 Å². The second kappa shape index (κ2) is 10.8. The quantitative estimate of drug-likeness (QED) is 0.549. The van der Waals surface area contributed by atoms with Crippen LogP contribution in [-0.2, 0) is 12.7 Å². The van der Waals surface area contributed by atoms with Crippen LogP contribution in [0.2, 0.25) is 0 Å². The van der Waals surface area contributed by atoms with Crippen molar-refractivity contribution in [3.8, 4) is 0 Å². The highest BCUT2D eigenvalue weighted by atomic mass is 19.4. The van der Waals surface area contributed by atoms with Gasteiger partial charge in [-0.25, -0.2) is 0 Å². The molecule has 0 spiro atoms. The highest BCUT2D eigenvalue weighted by molar-refractivity contribution is 5.98. The molecule has 8 heteroatoms. The lowest BCUT2D eigenvalue weighted by Crippen LogP contribution is -2.35. The maximum atomic E-state index is 13.4. The molecule has 0 fully saturated rings. The first kappa shape index (κ1) is 23.4. The normalized spacial score (nSPS) is 14.1. The van der Waals surface area contributed by atoms with Crippen molar-refractivity contribution in [3.63, 3.8) is 0 Å². The van der Waals surface area contributed by atoms with E-state index in [1.54, 1.807) is 0 Å². The average molecular weight is 445 g/mol. The summed E-state index contributed by atoms with van der Waals surface area (Å²) in [6, 6.07) is 10.9. The third-order valence-electron chi connectivity index (χ3n) is 4.85. The maximum absolute atomic E-state index is 13.4. The molecule has 5 nitrogen and oxygen atoms in total. The van der Waals surface area contributed by atoms with Gasteiger partial charge in [-0.2, -0.15) is 13.2 Å². The number of carbonyl (C=O) groups is 1. The van der Waals surface area contributed by atoms with E-state index in [2.05, 4.69) is 33.9 Å². The van der Waals surface area contributed by atoms with Gasteiger partial charge in [-0.3, -0.25) is 9.79 Å². The summed E-state index contributed by atoms with van der Waals surface area (Å²) >= 11 is 0. The Kier molecular flexibility index (Phi) is 7.92. The lowest BCUT2D eigenvalue weighted by molar-refractivity contribution is -0.137. The molecule has 0 radical (unpaired) electrons. The number of anilines is 1. The summed E-state index contributed by atoms with van der Waals surface area (Å²) in [7, 11) is 0. The van der Waals surface area contributed by atoms with Gasteiger partial charge in [0.1, 0.15) is 0 Å². The largest absolute Gasteiger partial charge is 0.416 e. The minimum absolute atomic E-state index is 0.0715. The third-order valence-corrected chi connectivity index (χ3v) is 4.85. The molecule has 1 amide bonds. The number of unbranched alkanes of at least 4 members (excludes halogenated alkanes) is 1. The fourth-order valence-electron chi connectivity index (χ4n) is 3.22. The molecule has 0 aliphatic carbocycles. The summed E-state index contributed by atoms with van der Waals surface area (Å²) in [5.41, 5.74) is 1.06. The third kappa shape index (κ3) is 6.87. The molecule has 2 aromatic rings. The molecule has 1 aliphatic rings. The van der Waals surface area contributed by atoms with Gasteiger partial charge in [0.25, 0.3) is 5.91 Å². The van der Waals surface area contributed by atoms with Crippen LogP contribution in [0, 0.1) is 0 Å². The number of halogens is 3. The number of hydrogen-bond donors (Lipinski definition) is 3. The summed E-state index contributed by atoms with van der Waals surface area (Å²) in [5.74, 6) is -0.181. The van der Waals surface area contributed by atoms with Crippen molar-refractivity contribution in [1.82, 2.24) is 10.6 Å². The molecule has 0 saturated carbocycles. The van der Waals surface area contributed by atoms with E-state index >= 15 is 0 Å². The van der Waals surface area contributed by atoms with E-state index in [0.717, 1.165) is 42.5 Å². The summed E-state index contributed by atoms with van der Waals surface area (Å²) in [5, 5.41) is 8.56. The first-order valence-corrected chi connectivity index (χ1v) is 10.7. The number of carbonyl (C=O) groups excluding carboxylic acids is 1. The number of benzene rings is 2. The Morgan fingerprint density at radius 3 is 2.78 bits per heavy atom. The second-order valence-corrected chi connectivity index (χ2v) is 7.55. The monoisotopic (exact) mass is 444 g/mol. The van der Waals surface area contributed by atoms with Crippen LogP contribution in [0.1, 0.15) is 53.2 Å². The second-order valence-electron chi connectivity index (χ2n) is 7.55. The van der Waals surface area contributed by atoms with Gasteiger partial charge in [0, 0.05) is 30.9 Å². The van der Waals surface area contributed by atoms with Crippen molar-refractivity contribution in [2.45, 2.75) is 38.9 Å². The van der Waals surface area contributed by atoms with E-state index < -0.39 is 17.6 Å². The summed E-state index contributed by atoms with van der Waals surface area (Å²) in [6.07, 6.45) is 2.42. The van der Waals surface area contributed by atoms with Gasteiger partial charge in [0.15, 0.2) is 5.96 Å². The predicted octanol–water partition coefficient (Wildman–Crippen LogP) is 5.21. The number of guanidine groups is 1. The van der Waals surface area contributed by atoms with Crippen molar-refractivity contribution in [1.29, 1.82) is 0 Å². The number of alkyl halides is 3. The van der Waals surface area contributed by atoms with Crippen molar-refractivity contribution >= 4 is 23.6 Å². The molecule has 3 N–H and O–H groups in total. The fourth-order valence-corrected chi connectivity index (χ4v) is 3.22. The van der Waals surface area contributed by atoms with Crippen LogP contribution >= 0.6 is 0 Å². The molecule has 2 aromatic carbocycles. The summed E-state index contributed by atoms with van der Waals surface area (Å²) in [6.45, 7) is 3.59. The number of nitrogens with one attached hydrogen (secondary N) is 3. The van der Waals surface area contributed by atoms with Crippen LogP contribution in [0.15, 0.2) is 53.5 Å². The lowest BCUT2D eigenvalue weighted by Gasteiger charge is -2.18. The van der Waals surface area contributed by atoms with Gasteiger partial charge >= 0.3 is 6.18 Å². The zero-order valence-corrected chi connectivity index (χ0v) is 17.9. The van der Waals surface area contributed by atoms with Gasteiger partial charge in [-0.05, 0) is 48.2 Å². The van der Waals surface area contributed by atoms with Crippen LogP contribution < -0.4 is 16.0 Å². The Bertz CT molecular complexity index is 999. The van der Waals surface area contributed by atoms with Crippen LogP contribution in [0.25, 0.3) is 6.08 Å². The van der Waals surface area contributed by atoms with E-state index in [4.69, 9.17) is 0 Å². The van der Waals surface area contributed by atoms with Gasteiger partial charge < -0.3 is 16.0 Å². The number of hydrogen-bond acceptors (Lipinski definition) is 4. The molecule has 1 aliphatic heterocycles. The van der Waals surface area contributed by atoms with E-state index in [-0.39, 0.29) is 17.8 Å². The van der Waals surface area contributed by atoms with Gasteiger partial charge in [-0.1, -0.05) is 43.7 Å².